The average Bonchev–Trinajstić information content (AvgIpc) is 2.40. The van der Waals surface area contributed by atoms with E-state index >= 15 is 0 Å². The maximum Gasteiger partial charge on any atom is 0.293 e. The molecule has 0 aliphatic carbocycles. The molecular weight excluding hydrogens is 363 g/mol. The van der Waals surface area contributed by atoms with Crippen LogP contribution in [0, 0.1) is 15.9 Å². The maximum atomic E-state index is 13.9. The summed E-state index contributed by atoms with van der Waals surface area (Å²) in [5.74, 6) is -0.388. The van der Waals surface area contributed by atoms with E-state index in [1.54, 1.807) is 25.1 Å². The van der Waals surface area contributed by atoms with Crippen molar-refractivity contribution >= 4 is 38.9 Å². The Labute approximate surface area is 134 Å². The third-order valence-corrected chi connectivity index (χ3v) is 3.69. The number of nitrogens with zero attached hydrogens (tertiary/aromatic N) is 1. The van der Waals surface area contributed by atoms with Crippen LogP contribution >= 0.6 is 27.5 Å². The highest BCUT2D eigenvalue weighted by Crippen LogP contribution is 2.31. The molecule has 110 valence electrons. The zero-order valence-corrected chi connectivity index (χ0v) is 13.3. The lowest BCUT2D eigenvalue weighted by atomic mass is 10.1. The third kappa shape index (κ3) is 3.71. The van der Waals surface area contributed by atoms with Crippen molar-refractivity contribution < 1.29 is 9.31 Å². The first kappa shape index (κ1) is 15.7. The van der Waals surface area contributed by atoms with Gasteiger partial charge in [0.2, 0.25) is 0 Å². The molecule has 0 aliphatic rings. The van der Waals surface area contributed by atoms with E-state index in [4.69, 9.17) is 11.6 Å². The van der Waals surface area contributed by atoms with E-state index in [0.29, 0.717) is 15.7 Å². The molecule has 1 unspecified atom stereocenters. The summed E-state index contributed by atoms with van der Waals surface area (Å²) in [4.78, 5) is 10.5. The van der Waals surface area contributed by atoms with Crippen LogP contribution in [0.5, 0.6) is 0 Å². The minimum atomic E-state index is -0.529. The topological polar surface area (TPSA) is 55.2 Å². The Morgan fingerprint density at radius 3 is 2.67 bits per heavy atom. The number of hydrogen-bond acceptors (Lipinski definition) is 3. The highest BCUT2D eigenvalue weighted by Gasteiger charge is 2.18. The fourth-order valence-electron chi connectivity index (χ4n) is 1.94. The van der Waals surface area contributed by atoms with Crippen molar-refractivity contribution in [1.29, 1.82) is 0 Å². The van der Waals surface area contributed by atoms with Gasteiger partial charge >= 0.3 is 0 Å². The quantitative estimate of drug-likeness (QED) is 0.582. The lowest BCUT2D eigenvalue weighted by Gasteiger charge is -2.16. The van der Waals surface area contributed by atoms with Gasteiger partial charge in [-0.2, -0.15) is 0 Å². The Morgan fingerprint density at radius 1 is 1.33 bits per heavy atom. The van der Waals surface area contributed by atoms with E-state index in [1.807, 2.05) is 0 Å². The molecule has 0 bridgehead atoms. The number of nitrogens with one attached hydrogen (secondary N) is 1. The Hall–Kier alpha value is -1.66. The van der Waals surface area contributed by atoms with Gasteiger partial charge in [-0.25, -0.2) is 4.39 Å². The first-order valence-electron chi connectivity index (χ1n) is 6.04. The van der Waals surface area contributed by atoms with Crippen LogP contribution in [0.3, 0.4) is 0 Å². The largest absolute Gasteiger partial charge is 0.373 e. The SMILES string of the molecule is CC(Nc1ccc(Cl)cc1[N+](=O)[O-])c1ccc(Br)cc1F. The van der Waals surface area contributed by atoms with Crippen molar-refractivity contribution in [2.24, 2.45) is 0 Å². The maximum absolute atomic E-state index is 13.9. The van der Waals surface area contributed by atoms with Gasteiger partial charge in [0.05, 0.1) is 11.0 Å². The highest BCUT2D eigenvalue weighted by atomic mass is 79.9. The lowest BCUT2D eigenvalue weighted by molar-refractivity contribution is -0.384. The number of nitro benzene ring substituents is 1. The second kappa shape index (κ2) is 6.41. The van der Waals surface area contributed by atoms with Gasteiger partial charge in [-0.3, -0.25) is 10.1 Å². The molecule has 0 spiro atoms. The summed E-state index contributed by atoms with van der Waals surface area (Å²) >= 11 is 8.95. The van der Waals surface area contributed by atoms with Gasteiger partial charge in [-0.1, -0.05) is 33.6 Å². The highest BCUT2D eigenvalue weighted by molar-refractivity contribution is 9.10. The standard InChI is InChI=1S/C14H11BrClFN2O2/c1-8(11-4-2-9(15)6-12(11)17)18-13-5-3-10(16)7-14(13)19(20)21/h2-8,18H,1H3. The van der Waals surface area contributed by atoms with Gasteiger partial charge in [0.25, 0.3) is 5.69 Å². The summed E-state index contributed by atoms with van der Waals surface area (Å²) < 4.78 is 14.5. The molecule has 0 fully saturated rings. The molecule has 0 amide bonds. The number of benzene rings is 2. The van der Waals surface area contributed by atoms with Crippen LogP contribution in [-0.2, 0) is 0 Å². The molecule has 0 saturated heterocycles. The first-order chi connectivity index (χ1) is 9.88. The molecule has 21 heavy (non-hydrogen) atoms. The molecule has 0 saturated carbocycles. The first-order valence-corrected chi connectivity index (χ1v) is 7.21. The van der Waals surface area contributed by atoms with Crippen LogP contribution < -0.4 is 5.32 Å². The van der Waals surface area contributed by atoms with Crippen LogP contribution in [-0.4, -0.2) is 4.92 Å². The molecule has 0 radical (unpaired) electrons. The molecule has 4 nitrogen and oxygen atoms in total. The van der Waals surface area contributed by atoms with E-state index in [1.165, 1.54) is 18.2 Å². The molecule has 2 aromatic carbocycles. The van der Waals surface area contributed by atoms with E-state index in [0.717, 1.165) is 0 Å². The van der Waals surface area contributed by atoms with Gasteiger partial charge < -0.3 is 5.32 Å². The van der Waals surface area contributed by atoms with Crippen LogP contribution in [0.1, 0.15) is 18.5 Å². The van der Waals surface area contributed by atoms with Gasteiger partial charge in [-0.05, 0) is 31.2 Å². The van der Waals surface area contributed by atoms with Crippen LogP contribution in [0.25, 0.3) is 0 Å². The summed E-state index contributed by atoms with van der Waals surface area (Å²) in [5, 5.41) is 14.2. The molecule has 1 N–H and O–H groups in total. The number of hydrogen-bond donors (Lipinski definition) is 1. The summed E-state index contributed by atoms with van der Waals surface area (Å²) in [7, 11) is 0. The zero-order valence-electron chi connectivity index (χ0n) is 10.9. The molecule has 2 aromatic rings. The average molecular weight is 374 g/mol. The van der Waals surface area contributed by atoms with Gasteiger partial charge in [-0.15, -0.1) is 0 Å². The minimum absolute atomic E-state index is 0.146. The monoisotopic (exact) mass is 372 g/mol. The van der Waals surface area contributed by atoms with Crippen molar-refractivity contribution in [1.82, 2.24) is 0 Å². The van der Waals surface area contributed by atoms with E-state index in [-0.39, 0.29) is 16.5 Å². The molecular formula is C14H11BrClFN2O2. The smallest absolute Gasteiger partial charge is 0.293 e. The number of halogens is 3. The summed E-state index contributed by atoms with van der Waals surface area (Å²) in [6.45, 7) is 1.73. The fourth-order valence-corrected chi connectivity index (χ4v) is 2.44. The van der Waals surface area contributed by atoms with Gasteiger partial charge in [0.1, 0.15) is 11.5 Å². The van der Waals surface area contributed by atoms with E-state index in [2.05, 4.69) is 21.2 Å². The summed E-state index contributed by atoms with van der Waals surface area (Å²) in [5.41, 5.74) is 0.563. The van der Waals surface area contributed by atoms with E-state index in [9.17, 15) is 14.5 Å². The Bertz CT molecular complexity index is 697. The van der Waals surface area contributed by atoms with E-state index < -0.39 is 11.0 Å². The van der Waals surface area contributed by atoms with Crippen molar-refractivity contribution in [3.63, 3.8) is 0 Å². The van der Waals surface area contributed by atoms with Gasteiger partial charge in [0, 0.05) is 21.1 Å². The Morgan fingerprint density at radius 2 is 2.05 bits per heavy atom. The normalized spacial score (nSPS) is 12.0. The fraction of sp³-hybridized carbons (Fsp3) is 0.143. The minimum Gasteiger partial charge on any atom is -0.373 e. The molecule has 0 aromatic heterocycles. The van der Waals surface area contributed by atoms with Crippen LogP contribution in [0.2, 0.25) is 5.02 Å². The zero-order chi connectivity index (χ0) is 15.6. The van der Waals surface area contributed by atoms with Crippen molar-refractivity contribution in [3.8, 4) is 0 Å². The second-order valence-corrected chi connectivity index (χ2v) is 5.80. The predicted octanol–water partition coefficient (Wildman–Crippen LogP) is 5.32. The van der Waals surface area contributed by atoms with Crippen molar-refractivity contribution in [2.75, 3.05) is 5.32 Å². The Kier molecular flexibility index (Phi) is 4.80. The Balaban J connectivity index is 2.31. The lowest BCUT2D eigenvalue weighted by Crippen LogP contribution is -2.10. The molecule has 0 heterocycles. The summed E-state index contributed by atoms with van der Waals surface area (Å²) in [6, 6.07) is 8.57. The number of nitro groups is 1. The molecule has 0 aliphatic heterocycles. The molecule has 7 heteroatoms. The van der Waals surface area contributed by atoms with Crippen LogP contribution in [0.4, 0.5) is 15.8 Å². The third-order valence-electron chi connectivity index (χ3n) is 2.96. The number of rotatable bonds is 4. The van der Waals surface area contributed by atoms with Crippen molar-refractivity contribution in [2.45, 2.75) is 13.0 Å². The number of anilines is 1. The van der Waals surface area contributed by atoms with Crippen molar-refractivity contribution in [3.05, 3.63) is 67.4 Å². The second-order valence-electron chi connectivity index (χ2n) is 4.45. The predicted molar refractivity (Wildman–Crippen MR) is 84.2 cm³/mol. The van der Waals surface area contributed by atoms with Crippen LogP contribution in [0.15, 0.2) is 40.9 Å². The summed E-state index contributed by atoms with van der Waals surface area (Å²) in [6.07, 6.45) is 0. The van der Waals surface area contributed by atoms with Gasteiger partial charge in [0.15, 0.2) is 0 Å². The molecule has 1 atom stereocenters. The molecule has 2 rings (SSSR count).